The first-order valence-corrected chi connectivity index (χ1v) is 15.9. The zero-order chi connectivity index (χ0) is 34.8. The summed E-state index contributed by atoms with van der Waals surface area (Å²) in [7, 11) is 0. The van der Waals surface area contributed by atoms with Crippen LogP contribution in [-0.2, 0) is 30.5 Å². The van der Waals surface area contributed by atoms with Crippen molar-refractivity contribution in [1.29, 1.82) is 0 Å². The first-order chi connectivity index (χ1) is 23.0. The molecule has 1 aromatic carbocycles. The summed E-state index contributed by atoms with van der Waals surface area (Å²) < 4.78 is 11.4. The van der Waals surface area contributed by atoms with Crippen molar-refractivity contribution < 1.29 is 33.2 Å². The standard InChI is InChI=1S/C33H42N8O7/c1-6-22(17-42)36-30(44)25-14-23(47-18-26-37-32(48-40-26)21-10-8-7-9-11-21)16-41(25)33(46)28(20(4)5)39-31(45)27(19(2)3)38-29(43)24-15-34-12-13-35-24/h7-13,15,17,19-20,22-23,25,27-28H,6,14,16,18H2,1-5H3,(H,36,44)(H,38,43)(H,39,45)/t22-,23+,25-,27-,28-/m0/s1. The molecule has 0 spiro atoms. The van der Waals surface area contributed by atoms with Crippen LogP contribution in [0, 0.1) is 11.8 Å². The third kappa shape index (κ3) is 9.06. The highest BCUT2D eigenvalue weighted by molar-refractivity contribution is 5.98. The third-order valence-electron chi connectivity index (χ3n) is 7.98. The van der Waals surface area contributed by atoms with E-state index >= 15 is 0 Å². The lowest BCUT2D eigenvalue weighted by Crippen LogP contribution is -2.59. The van der Waals surface area contributed by atoms with Crippen LogP contribution in [0.5, 0.6) is 0 Å². The van der Waals surface area contributed by atoms with Gasteiger partial charge in [0.1, 0.15) is 36.7 Å². The summed E-state index contributed by atoms with van der Waals surface area (Å²) in [4.78, 5) is 79.0. The van der Waals surface area contributed by atoms with Gasteiger partial charge in [-0.25, -0.2) is 4.98 Å². The Morgan fingerprint density at radius 1 is 1.02 bits per heavy atom. The van der Waals surface area contributed by atoms with Crippen molar-refractivity contribution in [2.24, 2.45) is 11.8 Å². The molecule has 0 radical (unpaired) electrons. The number of nitrogens with zero attached hydrogens (tertiary/aromatic N) is 5. The second-order valence-electron chi connectivity index (χ2n) is 12.2. The number of hydrogen-bond donors (Lipinski definition) is 3. The summed E-state index contributed by atoms with van der Waals surface area (Å²) in [6.45, 7) is 8.83. The van der Waals surface area contributed by atoms with Crippen molar-refractivity contribution in [2.45, 2.75) is 84.3 Å². The molecule has 5 atom stereocenters. The molecule has 3 aromatic rings. The maximum absolute atomic E-state index is 14.1. The lowest BCUT2D eigenvalue weighted by Gasteiger charge is -2.32. The minimum atomic E-state index is -1.04. The molecule has 0 saturated carbocycles. The van der Waals surface area contributed by atoms with Crippen molar-refractivity contribution in [1.82, 2.24) is 41.0 Å². The highest BCUT2D eigenvalue weighted by Crippen LogP contribution is 2.25. The molecule has 0 aliphatic carbocycles. The molecule has 1 aliphatic rings. The van der Waals surface area contributed by atoms with Crippen molar-refractivity contribution in [3.05, 3.63) is 60.4 Å². The van der Waals surface area contributed by atoms with Crippen LogP contribution in [-0.4, -0.2) is 91.7 Å². The van der Waals surface area contributed by atoms with Gasteiger partial charge in [0.05, 0.1) is 18.3 Å². The molecule has 48 heavy (non-hydrogen) atoms. The number of carbonyl (C=O) groups excluding carboxylic acids is 5. The second-order valence-corrected chi connectivity index (χ2v) is 12.2. The number of aldehydes is 1. The van der Waals surface area contributed by atoms with Gasteiger partial charge in [-0.15, -0.1) is 0 Å². The molecule has 256 valence electrons. The zero-order valence-corrected chi connectivity index (χ0v) is 27.7. The van der Waals surface area contributed by atoms with E-state index in [4.69, 9.17) is 9.26 Å². The van der Waals surface area contributed by atoms with Gasteiger partial charge in [-0.3, -0.25) is 24.2 Å². The van der Waals surface area contributed by atoms with Gasteiger partial charge in [0.2, 0.25) is 17.7 Å². The molecule has 3 heterocycles. The minimum absolute atomic E-state index is 0.0325. The first-order valence-electron chi connectivity index (χ1n) is 15.9. The van der Waals surface area contributed by atoms with Gasteiger partial charge in [0.15, 0.2) is 5.82 Å². The molecule has 15 nitrogen and oxygen atoms in total. The second kappa shape index (κ2) is 16.7. The quantitative estimate of drug-likeness (QED) is 0.200. The van der Waals surface area contributed by atoms with E-state index in [9.17, 15) is 24.0 Å². The van der Waals surface area contributed by atoms with E-state index in [1.807, 2.05) is 30.3 Å². The predicted molar refractivity (Wildman–Crippen MR) is 172 cm³/mol. The molecule has 1 aliphatic heterocycles. The van der Waals surface area contributed by atoms with Crippen LogP contribution < -0.4 is 16.0 Å². The fourth-order valence-corrected chi connectivity index (χ4v) is 5.23. The molecule has 0 unspecified atom stereocenters. The Bertz CT molecular complexity index is 1550. The number of benzene rings is 1. The fraction of sp³-hybridized carbons (Fsp3) is 0.485. The van der Waals surface area contributed by atoms with Gasteiger partial charge in [-0.2, -0.15) is 4.98 Å². The monoisotopic (exact) mass is 662 g/mol. The van der Waals surface area contributed by atoms with Crippen LogP contribution in [0.1, 0.15) is 63.8 Å². The highest BCUT2D eigenvalue weighted by Gasteiger charge is 2.44. The summed E-state index contributed by atoms with van der Waals surface area (Å²) in [6.07, 6.45) is 4.66. The highest BCUT2D eigenvalue weighted by atomic mass is 16.5. The Morgan fingerprint density at radius 2 is 1.75 bits per heavy atom. The van der Waals surface area contributed by atoms with Crippen LogP contribution in [0.15, 0.2) is 53.4 Å². The van der Waals surface area contributed by atoms with Gasteiger partial charge in [0, 0.05) is 30.9 Å². The van der Waals surface area contributed by atoms with E-state index in [1.165, 1.54) is 23.5 Å². The average molecular weight is 663 g/mol. The number of likely N-dealkylation sites (tertiary alicyclic amines) is 1. The number of carbonyl (C=O) groups is 5. The van der Waals surface area contributed by atoms with Gasteiger partial charge < -0.3 is 34.9 Å². The molecule has 0 bridgehead atoms. The predicted octanol–water partition coefficient (Wildman–Crippen LogP) is 1.70. The molecule has 15 heteroatoms. The molecular weight excluding hydrogens is 620 g/mol. The summed E-state index contributed by atoms with van der Waals surface area (Å²) in [6, 6.07) is 5.52. The summed E-state index contributed by atoms with van der Waals surface area (Å²) in [5.41, 5.74) is 0.795. The molecule has 4 amide bonds. The lowest BCUT2D eigenvalue weighted by atomic mass is 9.98. The lowest BCUT2D eigenvalue weighted by molar-refractivity contribution is -0.143. The van der Waals surface area contributed by atoms with Crippen LogP contribution >= 0.6 is 0 Å². The average Bonchev–Trinajstić information content (AvgIpc) is 3.75. The van der Waals surface area contributed by atoms with E-state index < -0.39 is 53.9 Å². The van der Waals surface area contributed by atoms with E-state index in [0.29, 0.717) is 24.4 Å². The number of hydrogen-bond acceptors (Lipinski definition) is 11. The van der Waals surface area contributed by atoms with Crippen molar-refractivity contribution in [3.8, 4) is 11.5 Å². The Morgan fingerprint density at radius 3 is 2.38 bits per heavy atom. The van der Waals surface area contributed by atoms with Crippen LogP contribution in [0.25, 0.3) is 11.5 Å². The zero-order valence-electron chi connectivity index (χ0n) is 27.7. The van der Waals surface area contributed by atoms with E-state index in [-0.39, 0.29) is 37.1 Å². The number of rotatable bonds is 15. The maximum atomic E-state index is 14.1. The summed E-state index contributed by atoms with van der Waals surface area (Å²) in [5.74, 6) is -2.26. The van der Waals surface area contributed by atoms with Crippen molar-refractivity contribution >= 4 is 29.9 Å². The molecular formula is C33H42N8O7. The molecule has 1 saturated heterocycles. The molecule has 3 N–H and O–H groups in total. The van der Waals surface area contributed by atoms with E-state index in [2.05, 4.69) is 36.1 Å². The smallest absolute Gasteiger partial charge is 0.272 e. The minimum Gasteiger partial charge on any atom is -0.368 e. The molecule has 4 rings (SSSR count). The number of ether oxygens (including phenoxy) is 1. The van der Waals surface area contributed by atoms with Gasteiger partial charge >= 0.3 is 0 Å². The van der Waals surface area contributed by atoms with E-state index in [1.54, 1.807) is 34.6 Å². The largest absolute Gasteiger partial charge is 0.368 e. The SMILES string of the molecule is CC[C@@H](C=O)NC(=O)[C@@H]1C[C@@H](OCc2noc(-c3ccccc3)n2)CN1C(=O)[C@@H](NC(=O)[C@@H](NC(=O)c1cnccn1)C(C)C)C(C)C. The van der Waals surface area contributed by atoms with E-state index in [0.717, 1.165) is 5.56 Å². The molecule has 1 fully saturated rings. The number of aromatic nitrogens is 4. The Labute approximate surface area is 278 Å². The normalized spacial score (nSPS) is 17.9. The first kappa shape index (κ1) is 35.8. The third-order valence-corrected chi connectivity index (χ3v) is 7.98. The summed E-state index contributed by atoms with van der Waals surface area (Å²) >= 11 is 0. The Balaban J connectivity index is 1.49. The number of nitrogens with one attached hydrogen (secondary N) is 3. The van der Waals surface area contributed by atoms with Crippen LogP contribution in [0.2, 0.25) is 0 Å². The maximum Gasteiger partial charge on any atom is 0.272 e. The van der Waals surface area contributed by atoms with Gasteiger partial charge in [-0.1, -0.05) is 58.0 Å². The summed E-state index contributed by atoms with van der Waals surface area (Å²) in [5, 5.41) is 12.2. The molecule has 2 aromatic heterocycles. The van der Waals surface area contributed by atoms with Crippen LogP contribution in [0.3, 0.4) is 0 Å². The van der Waals surface area contributed by atoms with Gasteiger partial charge in [0.25, 0.3) is 11.8 Å². The Hall–Kier alpha value is -5.05. The van der Waals surface area contributed by atoms with Crippen molar-refractivity contribution in [2.75, 3.05) is 6.54 Å². The topological polar surface area (TPSA) is 199 Å². The fourth-order valence-electron chi connectivity index (χ4n) is 5.23. The Kier molecular flexibility index (Phi) is 12.4. The van der Waals surface area contributed by atoms with Crippen LogP contribution in [0.4, 0.5) is 0 Å². The van der Waals surface area contributed by atoms with Crippen molar-refractivity contribution in [3.63, 3.8) is 0 Å². The number of amides is 4. The van der Waals surface area contributed by atoms with Gasteiger partial charge in [-0.05, 0) is 30.4 Å².